The van der Waals surface area contributed by atoms with Crippen molar-refractivity contribution < 1.29 is 37.0 Å². The van der Waals surface area contributed by atoms with Gasteiger partial charge in [0.15, 0.2) is 0 Å². The minimum Gasteiger partial charge on any atom is -0.469 e. The van der Waals surface area contributed by atoms with Gasteiger partial charge in [0, 0.05) is 24.7 Å². The van der Waals surface area contributed by atoms with E-state index in [0.29, 0.717) is 58.5 Å². The number of rotatable bonds is 16. The summed E-state index contributed by atoms with van der Waals surface area (Å²) in [4.78, 5) is 23.6. The lowest BCUT2D eigenvalue weighted by atomic mass is 9.66. The second-order valence-electron chi connectivity index (χ2n) is 13.0. The van der Waals surface area contributed by atoms with Gasteiger partial charge in [0.05, 0.1) is 26.7 Å². The molecule has 11 heteroatoms. The minimum absolute atomic E-state index is 0.140. The highest BCUT2D eigenvalue weighted by Gasteiger charge is 2.57. The molecule has 2 aromatic carbocycles. The van der Waals surface area contributed by atoms with Crippen molar-refractivity contribution in [3.63, 3.8) is 0 Å². The summed E-state index contributed by atoms with van der Waals surface area (Å²) in [6, 6.07) is 19.8. The molecule has 1 saturated carbocycles. The third-order valence-electron chi connectivity index (χ3n) is 8.68. The van der Waals surface area contributed by atoms with Crippen molar-refractivity contribution in [3.05, 3.63) is 83.9 Å². The number of fused-ring (bicyclic) bond motifs is 1. The lowest BCUT2D eigenvalue weighted by Crippen LogP contribution is -2.48. The quantitative estimate of drug-likeness (QED) is 0.163. The van der Waals surface area contributed by atoms with Crippen LogP contribution in [0.4, 0.5) is 4.79 Å². The fraction of sp³-hybridized carbons (Fsp3) is 0.500. The number of amides is 1. The van der Waals surface area contributed by atoms with Crippen LogP contribution in [-0.4, -0.2) is 65.7 Å². The van der Waals surface area contributed by atoms with Crippen LogP contribution in [0, 0.1) is 11.3 Å². The maximum Gasteiger partial charge on any atom is 0.422 e. The van der Waals surface area contributed by atoms with E-state index in [1.807, 2.05) is 53.3 Å². The van der Waals surface area contributed by atoms with Crippen molar-refractivity contribution in [3.8, 4) is 0 Å². The molecule has 0 radical (unpaired) electrons. The van der Waals surface area contributed by atoms with Gasteiger partial charge in [-0.05, 0) is 81.1 Å². The Morgan fingerprint density at radius 1 is 0.957 bits per heavy atom. The fourth-order valence-electron chi connectivity index (χ4n) is 6.84. The third kappa shape index (κ3) is 9.53. The molecule has 2 aromatic rings. The number of carbonyl (C=O) groups is 2. The van der Waals surface area contributed by atoms with E-state index in [9.17, 15) is 18.0 Å². The molecule has 0 bridgehead atoms. The molecule has 3 unspecified atom stereocenters. The first-order valence-electron chi connectivity index (χ1n) is 16.1. The van der Waals surface area contributed by atoms with Crippen LogP contribution in [-0.2, 0) is 34.0 Å². The third-order valence-corrected chi connectivity index (χ3v) is 9.73. The van der Waals surface area contributed by atoms with Crippen molar-refractivity contribution in [2.45, 2.75) is 70.9 Å². The van der Waals surface area contributed by atoms with Gasteiger partial charge < -0.3 is 18.9 Å². The average Bonchev–Trinajstić information content (AvgIpc) is 3.53. The van der Waals surface area contributed by atoms with E-state index >= 15 is 0 Å². The lowest BCUT2D eigenvalue weighted by Gasteiger charge is -2.37. The van der Waals surface area contributed by atoms with Gasteiger partial charge in [0.2, 0.25) is 0 Å². The van der Waals surface area contributed by atoms with Crippen LogP contribution in [0.25, 0.3) is 11.1 Å². The maximum absolute atomic E-state index is 13.2. The van der Waals surface area contributed by atoms with Crippen LogP contribution in [0.3, 0.4) is 0 Å². The predicted molar refractivity (Wildman–Crippen MR) is 181 cm³/mol. The topological polar surface area (TPSA) is 129 Å². The molecule has 0 aromatic heterocycles. The van der Waals surface area contributed by atoms with E-state index in [4.69, 9.17) is 14.2 Å². The molecule has 1 fully saturated rings. The number of hydrogen-bond acceptors (Lipinski definition) is 8. The summed E-state index contributed by atoms with van der Waals surface area (Å²) in [5.74, 6) is -0.439. The first-order chi connectivity index (χ1) is 22.4. The van der Waals surface area contributed by atoms with Crippen LogP contribution in [0.5, 0.6) is 0 Å². The second kappa shape index (κ2) is 16.1. The average molecular weight is 669 g/mol. The van der Waals surface area contributed by atoms with Crippen molar-refractivity contribution in [1.82, 2.24) is 9.44 Å². The predicted octanol–water partition coefficient (Wildman–Crippen LogP) is 6.06. The second-order valence-corrected chi connectivity index (χ2v) is 14.4. The smallest absolute Gasteiger partial charge is 0.422 e. The highest BCUT2D eigenvalue weighted by Crippen LogP contribution is 2.66. The Bertz CT molecular complexity index is 1520. The highest BCUT2D eigenvalue weighted by molar-refractivity contribution is 7.88. The van der Waals surface area contributed by atoms with Crippen molar-refractivity contribution >= 4 is 33.4 Å². The summed E-state index contributed by atoms with van der Waals surface area (Å²) >= 11 is 0. The summed E-state index contributed by atoms with van der Waals surface area (Å²) in [5.41, 5.74) is 4.03. The van der Waals surface area contributed by atoms with Gasteiger partial charge in [0.25, 0.3) is 0 Å². The number of allylic oxidation sites excluding steroid dienone is 2. The molecule has 2 aliphatic rings. The Kier molecular flexibility index (Phi) is 12.4. The molecule has 0 heterocycles. The highest BCUT2D eigenvalue weighted by atomic mass is 32.2. The Hall–Kier alpha value is -3.51. The largest absolute Gasteiger partial charge is 0.469 e. The zero-order valence-corrected chi connectivity index (χ0v) is 28.7. The number of hydrogen-bond donors (Lipinski definition) is 2. The fourth-order valence-corrected chi connectivity index (χ4v) is 7.84. The van der Waals surface area contributed by atoms with Gasteiger partial charge in [-0.3, -0.25) is 4.79 Å². The zero-order chi connectivity index (χ0) is 34.1. The first kappa shape index (κ1) is 36.3. The molecular formula is C36H48N2O8S. The Balaban J connectivity index is 1.56. The van der Waals surface area contributed by atoms with E-state index in [1.54, 1.807) is 20.8 Å². The van der Waals surface area contributed by atoms with Crippen LogP contribution in [0.1, 0.15) is 70.4 Å². The van der Waals surface area contributed by atoms with Crippen LogP contribution >= 0.6 is 0 Å². The van der Waals surface area contributed by atoms with Crippen LogP contribution in [0.15, 0.2) is 72.8 Å². The molecule has 0 aliphatic heterocycles. The SMILES string of the molecule is C=C(c1ccccc1)C12CCC(NS(=O)(=O)NC(=O)OC(C)(C)C)C1CC(CCOCCCOCCC(=O)OC)=C2c1ccccc1. The van der Waals surface area contributed by atoms with Gasteiger partial charge in [-0.25, -0.2) is 9.52 Å². The summed E-state index contributed by atoms with van der Waals surface area (Å²) in [5, 5.41) is 0. The van der Waals surface area contributed by atoms with Gasteiger partial charge in [-0.1, -0.05) is 72.8 Å². The van der Waals surface area contributed by atoms with Crippen molar-refractivity contribution in [2.24, 2.45) is 11.3 Å². The number of nitrogens with one attached hydrogen (secondary N) is 2. The lowest BCUT2D eigenvalue weighted by molar-refractivity contribution is -0.141. The molecule has 2 aliphatic carbocycles. The summed E-state index contributed by atoms with van der Waals surface area (Å²) in [7, 11) is -2.86. The molecule has 2 N–H and O–H groups in total. The minimum atomic E-state index is -4.22. The van der Waals surface area contributed by atoms with Crippen LogP contribution in [0.2, 0.25) is 0 Å². The molecule has 10 nitrogen and oxygen atoms in total. The molecule has 47 heavy (non-hydrogen) atoms. The normalized spacial score (nSPS) is 20.9. The molecule has 0 spiro atoms. The van der Waals surface area contributed by atoms with Crippen molar-refractivity contribution in [2.75, 3.05) is 33.5 Å². The summed E-state index contributed by atoms with van der Waals surface area (Å²) in [6.07, 6.45) is 2.46. The standard InChI is InChI=1S/C36H48N2O8S/c1-26(27-13-8-6-9-14-27)36-20-17-31(37-47(41,42)38-34(40)46-35(2,3)4)30(36)25-29(33(36)28-15-10-7-11-16-28)18-23-44-21-12-22-45-24-19-32(39)43-5/h6-11,13-16,30-31,37H,1,12,17-25H2,2-5H3,(H,38,40). The zero-order valence-electron chi connectivity index (χ0n) is 27.9. The maximum atomic E-state index is 13.2. The van der Waals surface area contributed by atoms with Crippen LogP contribution < -0.4 is 9.44 Å². The molecule has 0 saturated heterocycles. The molecule has 4 rings (SSSR count). The monoisotopic (exact) mass is 668 g/mol. The van der Waals surface area contributed by atoms with E-state index in [1.165, 1.54) is 18.3 Å². The van der Waals surface area contributed by atoms with Gasteiger partial charge in [0.1, 0.15) is 5.60 Å². The Morgan fingerprint density at radius 2 is 1.60 bits per heavy atom. The van der Waals surface area contributed by atoms with E-state index in [0.717, 1.165) is 16.7 Å². The molecule has 256 valence electrons. The molecule has 3 atom stereocenters. The van der Waals surface area contributed by atoms with E-state index in [2.05, 4.69) is 28.2 Å². The first-order valence-corrected chi connectivity index (χ1v) is 17.6. The number of carbonyl (C=O) groups excluding carboxylic acids is 2. The Morgan fingerprint density at radius 3 is 2.23 bits per heavy atom. The molecule has 1 amide bonds. The van der Waals surface area contributed by atoms with E-state index < -0.39 is 33.4 Å². The number of benzene rings is 2. The van der Waals surface area contributed by atoms with Gasteiger partial charge >= 0.3 is 22.3 Å². The van der Waals surface area contributed by atoms with Gasteiger partial charge in [-0.2, -0.15) is 13.1 Å². The number of esters is 1. The molecular weight excluding hydrogens is 620 g/mol. The summed E-state index contributed by atoms with van der Waals surface area (Å²) in [6.45, 7) is 11.5. The Labute approximate surface area is 279 Å². The number of ether oxygens (including phenoxy) is 4. The van der Waals surface area contributed by atoms with E-state index in [-0.39, 0.29) is 18.3 Å². The van der Waals surface area contributed by atoms with Crippen molar-refractivity contribution in [1.29, 1.82) is 0 Å². The summed E-state index contributed by atoms with van der Waals surface area (Å²) < 4.78 is 52.6. The van der Waals surface area contributed by atoms with Gasteiger partial charge in [-0.15, -0.1) is 0 Å². The number of methoxy groups -OCH3 is 1.